The molecule has 0 fully saturated rings. The van der Waals surface area contributed by atoms with Gasteiger partial charge in [-0.2, -0.15) is 0 Å². The number of nitrogens with one attached hydrogen (secondary N) is 1. The highest BCUT2D eigenvalue weighted by Crippen LogP contribution is 2.15. The van der Waals surface area contributed by atoms with Crippen molar-refractivity contribution in [2.45, 2.75) is 26.3 Å². The monoisotopic (exact) mass is 205 g/mol. The van der Waals surface area contributed by atoms with E-state index in [1.165, 1.54) is 0 Å². The van der Waals surface area contributed by atoms with Crippen LogP contribution in [0, 0.1) is 25.1 Å². The van der Waals surface area contributed by atoms with E-state index in [2.05, 4.69) is 11.2 Å². The van der Waals surface area contributed by atoms with Crippen LogP contribution in [0.3, 0.4) is 0 Å². The fourth-order valence-electron chi connectivity index (χ4n) is 1.36. The molecule has 0 saturated heterocycles. The molecule has 1 atom stereocenters. The molecule has 0 saturated carbocycles. The lowest BCUT2D eigenvalue weighted by atomic mass is 10.1. The van der Waals surface area contributed by atoms with E-state index < -0.39 is 0 Å². The van der Waals surface area contributed by atoms with Gasteiger partial charge in [-0.1, -0.05) is 12.1 Å². The van der Waals surface area contributed by atoms with Gasteiger partial charge in [0.2, 0.25) is 0 Å². The summed E-state index contributed by atoms with van der Waals surface area (Å²) in [6.45, 7) is 4.52. The van der Waals surface area contributed by atoms with Gasteiger partial charge in [-0.05, 0) is 31.0 Å². The molecule has 0 aliphatic rings. The van der Waals surface area contributed by atoms with Gasteiger partial charge in [-0.25, -0.2) is 4.39 Å². The van der Waals surface area contributed by atoms with Crippen molar-refractivity contribution in [3.8, 4) is 12.3 Å². The molecule has 0 aromatic heterocycles. The lowest BCUT2D eigenvalue weighted by Gasteiger charge is -2.13. The highest BCUT2D eigenvalue weighted by molar-refractivity contribution is 5.25. The third-order valence-corrected chi connectivity index (χ3v) is 2.42. The topological polar surface area (TPSA) is 12.0 Å². The maximum absolute atomic E-state index is 13.3. The Morgan fingerprint density at radius 1 is 1.53 bits per heavy atom. The van der Waals surface area contributed by atoms with Crippen LogP contribution in [0.2, 0.25) is 0 Å². The van der Waals surface area contributed by atoms with E-state index in [4.69, 9.17) is 6.42 Å². The molecule has 1 aromatic carbocycles. The Balaban J connectivity index is 2.62. The normalized spacial score (nSPS) is 12.1. The quantitative estimate of drug-likeness (QED) is 0.588. The number of rotatable bonds is 4. The summed E-state index contributed by atoms with van der Waals surface area (Å²) in [5.41, 5.74) is 1.63. The summed E-state index contributed by atoms with van der Waals surface area (Å²) < 4.78 is 13.3. The van der Waals surface area contributed by atoms with Crippen molar-refractivity contribution in [1.29, 1.82) is 0 Å². The van der Waals surface area contributed by atoms with Gasteiger partial charge >= 0.3 is 0 Å². The minimum Gasteiger partial charge on any atom is -0.309 e. The molecule has 1 N–H and O–H groups in total. The summed E-state index contributed by atoms with van der Waals surface area (Å²) in [5.74, 6) is 2.40. The highest BCUT2D eigenvalue weighted by Gasteiger charge is 2.06. The molecule has 0 bridgehead atoms. The zero-order valence-corrected chi connectivity index (χ0v) is 9.18. The molecule has 1 unspecified atom stereocenters. The van der Waals surface area contributed by atoms with E-state index in [1.54, 1.807) is 19.1 Å². The Morgan fingerprint density at radius 2 is 2.27 bits per heavy atom. The van der Waals surface area contributed by atoms with E-state index in [1.807, 2.05) is 13.0 Å². The Kier molecular flexibility index (Phi) is 4.33. The van der Waals surface area contributed by atoms with Gasteiger partial charge in [-0.15, -0.1) is 12.3 Å². The van der Waals surface area contributed by atoms with Gasteiger partial charge in [0.15, 0.2) is 0 Å². The van der Waals surface area contributed by atoms with Crippen LogP contribution in [-0.4, -0.2) is 6.54 Å². The van der Waals surface area contributed by atoms with Crippen molar-refractivity contribution < 1.29 is 4.39 Å². The average molecular weight is 205 g/mol. The van der Waals surface area contributed by atoms with Gasteiger partial charge in [0.05, 0.1) is 0 Å². The minimum atomic E-state index is -0.155. The maximum atomic E-state index is 13.3. The molecule has 0 aliphatic heterocycles. The van der Waals surface area contributed by atoms with Crippen molar-refractivity contribution in [3.63, 3.8) is 0 Å². The number of hydrogen-bond acceptors (Lipinski definition) is 1. The number of benzene rings is 1. The zero-order chi connectivity index (χ0) is 11.3. The summed E-state index contributed by atoms with van der Waals surface area (Å²) in [6.07, 6.45) is 5.84. The third-order valence-electron chi connectivity index (χ3n) is 2.42. The van der Waals surface area contributed by atoms with Crippen molar-refractivity contribution in [3.05, 3.63) is 35.1 Å². The first-order chi connectivity index (χ1) is 7.15. The highest BCUT2D eigenvalue weighted by atomic mass is 19.1. The Morgan fingerprint density at radius 3 is 2.87 bits per heavy atom. The summed E-state index contributed by atoms with van der Waals surface area (Å²) in [5, 5.41) is 3.24. The molecular formula is C13H16FN. The van der Waals surface area contributed by atoms with Gasteiger partial charge in [0.1, 0.15) is 5.82 Å². The van der Waals surface area contributed by atoms with Crippen LogP contribution in [0.15, 0.2) is 18.2 Å². The van der Waals surface area contributed by atoms with E-state index in [0.717, 1.165) is 12.1 Å². The molecule has 2 heteroatoms. The molecule has 0 radical (unpaired) electrons. The van der Waals surface area contributed by atoms with Crippen LogP contribution < -0.4 is 5.32 Å². The number of halogens is 1. The molecule has 1 nitrogen and oxygen atoms in total. The SMILES string of the molecule is C#CCCNC(C)c1ccc(C)c(F)c1. The van der Waals surface area contributed by atoms with Crippen molar-refractivity contribution in [2.24, 2.45) is 0 Å². The smallest absolute Gasteiger partial charge is 0.126 e. The van der Waals surface area contributed by atoms with Crippen LogP contribution >= 0.6 is 0 Å². The minimum absolute atomic E-state index is 0.133. The molecule has 1 aromatic rings. The van der Waals surface area contributed by atoms with Gasteiger partial charge in [0.25, 0.3) is 0 Å². The van der Waals surface area contributed by atoms with Crippen LogP contribution in [0.4, 0.5) is 4.39 Å². The van der Waals surface area contributed by atoms with Crippen LogP contribution in [0.25, 0.3) is 0 Å². The van der Waals surface area contributed by atoms with E-state index in [9.17, 15) is 4.39 Å². The summed E-state index contributed by atoms with van der Waals surface area (Å²) in [6, 6.07) is 5.44. The molecule has 0 spiro atoms. The second-order valence-corrected chi connectivity index (χ2v) is 3.64. The van der Waals surface area contributed by atoms with Crippen molar-refractivity contribution in [2.75, 3.05) is 6.54 Å². The zero-order valence-electron chi connectivity index (χ0n) is 9.18. The Labute approximate surface area is 90.7 Å². The fourth-order valence-corrected chi connectivity index (χ4v) is 1.36. The number of terminal acetylenes is 1. The second-order valence-electron chi connectivity index (χ2n) is 3.64. The van der Waals surface area contributed by atoms with Crippen LogP contribution in [0.5, 0.6) is 0 Å². The first-order valence-corrected chi connectivity index (χ1v) is 5.08. The van der Waals surface area contributed by atoms with Crippen molar-refractivity contribution >= 4 is 0 Å². The molecule has 0 amide bonds. The molecule has 0 heterocycles. The fraction of sp³-hybridized carbons (Fsp3) is 0.385. The lowest BCUT2D eigenvalue weighted by Crippen LogP contribution is -2.19. The van der Waals surface area contributed by atoms with E-state index >= 15 is 0 Å². The summed E-state index contributed by atoms with van der Waals surface area (Å²) >= 11 is 0. The summed E-state index contributed by atoms with van der Waals surface area (Å²) in [7, 11) is 0. The van der Waals surface area contributed by atoms with Crippen LogP contribution in [-0.2, 0) is 0 Å². The molecule has 0 aliphatic carbocycles. The molecule has 80 valence electrons. The molecule has 15 heavy (non-hydrogen) atoms. The van der Waals surface area contributed by atoms with Crippen LogP contribution in [0.1, 0.15) is 30.5 Å². The third kappa shape index (κ3) is 3.38. The predicted octanol–water partition coefficient (Wildman–Crippen LogP) is 2.81. The maximum Gasteiger partial charge on any atom is 0.126 e. The van der Waals surface area contributed by atoms with E-state index in [-0.39, 0.29) is 11.9 Å². The molecular weight excluding hydrogens is 189 g/mol. The van der Waals surface area contributed by atoms with E-state index in [0.29, 0.717) is 12.0 Å². The lowest BCUT2D eigenvalue weighted by molar-refractivity contribution is 0.570. The number of aryl methyl sites for hydroxylation is 1. The average Bonchev–Trinajstić information content (AvgIpc) is 2.22. The first-order valence-electron chi connectivity index (χ1n) is 5.08. The van der Waals surface area contributed by atoms with Gasteiger partial charge < -0.3 is 5.32 Å². The first kappa shape index (κ1) is 11.7. The Hall–Kier alpha value is -1.33. The van der Waals surface area contributed by atoms with Gasteiger partial charge in [-0.3, -0.25) is 0 Å². The standard InChI is InChI=1S/C13H16FN/c1-4-5-8-15-11(3)12-7-6-10(2)13(14)9-12/h1,6-7,9,11,15H,5,8H2,2-3H3. The summed E-state index contributed by atoms with van der Waals surface area (Å²) in [4.78, 5) is 0. The number of hydrogen-bond donors (Lipinski definition) is 1. The Bertz CT molecular complexity index is 365. The van der Waals surface area contributed by atoms with Gasteiger partial charge in [0, 0.05) is 19.0 Å². The predicted molar refractivity (Wildman–Crippen MR) is 61.0 cm³/mol. The second kappa shape index (κ2) is 5.53. The largest absolute Gasteiger partial charge is 0.309 e. The molecule has 1 rings (SSSR count). The van der Waals surface area contributed by atoms with Crippen molar-refractivity contribution in [1.82, 2.24) is 5.32 Å².